The first-order valence-electron chi connectivity index (χ1n) is 5.71. The molecule has 0 aliphatic rings. The minimum Gasteiger partial charge on any atom is -0.312 e. The Kier molecular flexibility index (Phi) is 3.82. The van der Waals surface area contributed by atoms with Crippen LogP contribution >= 0.6 is 0 Å². The van der Waals surface area contributed by atoms with E-state index in [9.17, 15) is 0 Å². The molecule has 2 rings (SSSR count). The zero-order chi connectivity index (χ0) is 12.1. The summed E-state index contributed by atoms with van der Waals surface area (Å²) < 4.78 is 1.91. The first-order valence-corrected chi connectivity index (χ1v) is 5.71. The fourth-order valence-corrected chi connectivity index (χ4v) is 1.89. The average Bonchev–Trinajstić information content (AvgIpc) is 2.77. The Bertz CT molecular complexity index is 451. The van der Waals surface area contributed by atoms with E-state index in [2.05, 4.69) is 20.4 Å². The van der Waals surface area contributed by atoms with Gasteiger partial charge < -0.3 is 5.32 Å². The van der Waals surface area contributed by atoms with Crippen LogP contribution in [0.2, 0.25) is 0 Å². The predicted molar refractivity (Wildman–Crippen MR) is 65.4 cm³/mol. The summed E-state index contributed by atoms with van der Waals surface area (Å²) >= 11 is 0. The van der Waals surface area contributed by atoms with Gasteiger partial charge in [0.1, 0.15) is 6.33 Å². The molecule has 0 aliphatic carbocycles. The Hall–Kier alpha value is -1.75. The standard InChI is InChI=1S/C12H17N5/c1-13-11(12-6-7-14-9-15-12)4-3-10-5-8-16-17(10)2/h5-9,11,13H,3-4H2,1-2H3. The molecule has 90 valence electrons. The maximum atomic E-state index is 4.28. The van der Waals surface area contributed by atoms with Crippen molar-refractivity contribution in [3.63, 3.8) is 0 Å². The Morgan fingerprint density at radius 2 is 2.24 bits per heavy atom. The third-order valence-corrected chi connectivity index (χ3v) is 2.92. The summed E-state index contributed by atoms with van der Waals surface area (Å²) in [6, 6.07) is 4.25. The monoisotopic (exact) mass is 231 g/mol. The van der Waals surface area contributed by atoms with Gasteiger partial charge in [0, 0.05) is 31.2 Å². The Labute approximate surface area is 101 Å². The lowest BCUT2D eigenvalue weighted by Crippen LogP contribution is -2.18. The molecule has 0 aliphatic heterocycles. The molecule has 1 atom stereocenters. The van der Waals surface area contributed by atoms with Crippen molar-refractivity contribution in [3.05, 3.63) is 42.2 Å². The fraction of sp³-hybridized carbons (Fsp3) is 0.417. The van der Waals surface area contributed by atoms with Gasteiger partial charge in [-0.3, -0.25) is 4.68 Å². The molecular weight excluding hydrogens is 214 g/mol. The van der Waals surface area contributed by atoms with Crippen molar-refractivity contribution in [1.29, 1.82) is 0 Å². The van der Waals surface area contributed by atoms with Gasteiger partial charge in [0.15, 0.2) is 0 Å². The molecule has 0 aromatic carbocycles. The van der Waals surface area contributed by atoms with Crippen molar-refractivity contribution >= 4 is 0 Å². The molecule has 0 saturated heterocycles. The third kappa shape index (κ3) is 2.88. The quantitative estimate of drug-likeness (QED) is 0.837. The number of hydrogen-bond acceptors (Lipinski definition) is 4. The van der Waals surface area contributed by atoms with Gasteiger partial charge in [0.05, 0.1) is 5.69 Å². The van der Waals surface area contributed by atoms with Crippen LogP contribution in [0.4, 0.5) is 0 Å². The van der Waals surface area contributed by atoms with Crippen molar-refractivity contribution in [1.82, 2.24) is 25.1 Å². The second kappa shape index (κ2) is 5.54. The fourth-order valence-electron chi connectivity index (χ4n) is 1.89. The van der Waals surface area contributed by atoms with Gasteiger partial charge >= 0.3 is 0 Å². The average molecular weight is 231 g/mol. The van der Waals surface area contributed by atoms with Gasteiger partial charge in [-0.15, -0.1) is 0 Å². The molecule has 0 amide bonds. The maximum Gasteiger partial charge on any atom is 0.115 e. The summed E-state index contributed by atoms with van der Waals surface area (Å²) in [4.78, 5) is 8.21. The van der Waals surface area contributed by atoms with E-state index in [-0.39, 0.29) is 6.04 Å². The number of hydrogen-bond donors (Lipinski definition) is 1. The van der Waals surface area contributed by atoms with E-state index < -0.39 is 0 Å². The van der Waals surface area contributed by atoms with Gasteiger partial charge in [-0.1, -0.05) is 0 Å². The zero-order valence-electron chi connectivity index (χ0n) is 10.2. The summed E-state index contributed by atoms with van der Waals surface area (Å²) in [6.45, 7) is 0. The summed E-state index contributed by atoms with van der Waals surface area (Å²) in [6.07, 6.45) is 7.16. The molecule has 17 heavy (non-hydrogen) atoms. The van der Waals surface area contributed by atoms with Crippen LogP contribution in [0.5, 0.6) is 0 Å². The van der Waals surface area contributed by atoms with E-state index in [1.54, 1.807) is 12.5 Å². The van der Waals surface area contributed by atoms with E-state index in [1.165, 1.54) is 5.69 Å². The lowest BCUT2D eigenvalue weighted by molar-refractivity contribution is 0.523. The SMILES string of the molecule is CNC(CCc1ccnn1C)c1ccncn1. The van der Waals surface area contributed by atoms with Crippen LogP contribution in [0, 0.1) is 0 Å². The van der Waals surface area contributed by atoms with E-state index >= 15 is 0 Å². The van der Waals surface area contributed by atoms with E-state index in [1.807, 2.05) is 37.1 Å². The Morgan fingerprint density at radius 3 is 2.82 bits per heavy atom. The lowest BCUT2D eigenvalue weighted by Gasteiger charge is -2.15. The topological polar surface area (TPSA) is 55.6 Å². The van der Waals surface area contributed by atoms with Gasteiger partial charge in [0.25, 0.3) is 0 Å². The highest BCUT2D eigenvalue weighted by Crippen LogP contribution is 2.15. The van der Waals surface area contributed by atoms with Crippen molar-refractivity contribution in [2.24, 2.45) is 7.05 Å². The number of aromatic nitrogens is 4. The molecule has 1 unspecified atom stereocenters. The summed E-state index contributed by atoms with van der Waals surface area (Å²) in [7, 11) is 3.92. The number of aryl methyl sites for hydroxylation is 2. The van der Waals surface area contributed by atoms with Crippen molar-refractivity contribution < 1.29 is 0 Å². The number of nitrogens with one attached hydrogen (secondary N) is 1. The van der Waals surface area contributed by atoms with Crippen molar-refractivity contribution in [3.8, 4) is 0 Å². The van der Waals surface area contributed by atoms with Crippen LogP contribution in [-0.2, 0) is 13.5 Å². The molecule has 5 heteroatoms. The van der Waals surface area contributed by atoms with Crippen molar-refractivity contribution in [2.75, 3.05) is 7.05 Å². The van der Waals surface area contributed by atoms with Crippen LogP contribution in [0.1, 0.15) is 23.9 Å². The smallest absolute Gasteiger partial charge is 0.115 e. The minimum atomic E-state index is 0.257. The van der Waals surface area contributed by atoms with Crippen LogP contribution in [0.15, 0.2) is 30.9 Å². The lowest BCUT2D eigenvalue weighted by atomic mass is 10.1. The highest BCUT2D eigenvalue weighted by atomic mass is 15.2. The van der Waals surface area contributed by atoms with Crippen LogP contribution in [0.3, 0.4) is 0 Å². The van der Waals surface area contributed by atoms with Gasteiger partial charge in [0.2, 0.25) is 0 Å². The van der Waals surface area contributed by atoms with Gasteiger partial charge in [-0.05, 0) is 32.0 Å². The van der Waals surface area contributed by atoms with Gasteiger partial charge in [-0.25, -0.2) is 9.97 Å². The minimum absolute atomic E-state index is 0.257. The van der Waals surface area contributed by atoms with Crippen LogP contribution in [-0.4, -0.2) is 26.8 Å². The molecule has 0 spiro atoms. The second-order valence-electron chi connectivity index (χ2n) is 3.96. The normalized spacial score (nSPS) is 12.6. The molecular formula is C12H17N5. The molecule has 5 nitrogen and oxygen atoms in total. The molecule has 1 N–H and O–H groups in total. The second-order valence-corrected chi connectivity index (χ2v) is 3.96. The molecule has 0 radical (unpaired) electrons. The highest BCUT2D eigenvalue weighted by molar-refractivity contribution is 5.07. The molecule has 2 aromatic rings. The predicted octanol–water partition coefficient (Wildman–Crippen LogP) is 1.10. The number of rotatable bonds is 5. The summed E-state index contributed by atoms with van der Waals surface area (Å²) in [5.74, 6) is 0. The van der Waals surface area contributed by atoms with Crippen molar-refractivity contribution in [2.45, 2.75) is 18.9 Å². The maximum absolute atomic E-state index is 4.28. The van der Waals surface area contributed by atoms with Crippen LogP contribution < -0.4 is 5.32 Å². The molecule has 2 aromatic heterocycles. The third-order valence-electron chi connectivity index (χ3n) is 2.92. The first-order chi connectivity index (χ1) is 8.31. The summed E-state index contributed by atoms with van der Waals surface area (Å²) in [5.41, 5.74) is 2.27. The van der Waals surface area contributed by atoms with E-state index in [0.717, 1.165) is 18.5 Å². The molecule has 0 bridgehead atoms. The Balaban J connectivity index is 1.99. The van der Waals surface area contributed by atoms with Crippen LogP contribution in [0.25, 0.3) is 0 Å². The molecule has 0 fully saturated rings. The largest absolute Gasteiger partial charge is 0.312 e. The number of nitrogens with zero attached hydrogens (tertiary/aromatic N) is 4. The van der Waals surface area contributed by atoms with E-state index in [4.69, 9.17) is 0 Å². The Morgan fingerprint density at radius 1 is 1.35 bits per heavy atom. The zero-order valence-corrected chi connectivity index (χ0v) is 10.2. The van der Waals surface area contributed by atoms with Gasteiger partial charge in [-0.2, -0.15) is 5.10 Å². The highest BCUT2D eigenvalue weighted by Gasteiger charge is 2.11. The first kappa shape index (κ1) is 11.7. The summed E-state index contributed by atoms with van der Waals surface area (Å²) in [5, 5.41) is 7.44. The van der Waals surface area contributed by atoms with E-state index in [0.29, 0.717) is 0 Å². The molecule has 0 saturated carbocycles. The molecule has 2 heterocycles.